The molecule has 0 amide bonds. The normalized spacial score (nSPS) is 11.9. The molecule has 1 aromatic carbocycles. The molecule has 0 spiro atoms. The molecule has 2 heteroatoms. The first-order valence-corrected chi connectivity index (χ1v) is 4.89. The summed E-state index contributed by atoms with van der Waals surface area (Å²) in [5.41, 5.74) is 0.949. The van der Waals surface area contributed by atoms with Crippen molar-refractivity contribution in [3.63, 3.8) is 0 Å². The summed E-state index contributed by atoms with van der Waals surface area (Å²) in [7, 11) is 1.67. The minimum absolute atomic E-state index is 0.567. The molecule has 0 heterocycles. The maximum Gasteiger partial charge on any atom is 0.188 e. The first-order valence-electron chi connectivity index (χ1n) is 4.89. The third-order valence-electron chi connectivity index (χ3n) is 1.83. The van der Waals surface area contributed by atoms with Gasteiger partial charge in [-0.15, -0.1) is 0 Å². The average molecular weight is 191 g/mol. The molecule has 0 aromatic heterocycles. The van der Waals surface area contributed by atoms with Crippen LogP contribution in [0.4, 0.5) is 5.69 Å². The van der Waals surface area contributed by atoms with E-state index in [4.69, 9.17) is 4.74 Å². The van der Waals surface area contributed by atoms with E-state index in [-0.39, 0.29) is 0 Å². The fourth-order valence-corrected chi connectivity index (χ4v) is 1.17. The van der Waals surface area contributed by atoms with Gasteiger partial charge < -0.3 is 4.74 Å². The molecule has 2 nitrogen and oxygen atoms in total. The van der Waals surface area contributed by atoms with Gasteiger partial charge in [0.25, 0.3) is 0 Å². The Morgan fingerprint density at radius 3 is 2.43 bits per heavy atom. The summed E-state index contributed by atoms with van der Waals surface area (Å²) in [4.78, 5) is 4.41. The van der Waals surface area contributed by atoms with Crippen LogP contribution in [0.25, 0.3) is 0 Å². The maximum absolute atomic E-state index is 5.22. The van der Waals surface area contributed by atoms with Crippen LogP contribution in [-0.2, 0) is 4.74 Å². The SMILES string of the molecule is COC(CC(C)C)=Nc1ccccc1. The second kappa shape index (κ2) is 5.43. The van der Waals surface area contributed by atoms with E-state index in [9.17, 15) is 0 Å². The van der Waals surface area contributed by atoms with Gasteiger partial charge in [-0.1, -0.05) is 32.0 Å². The molecule has 14 heavy (non-hydrogen) atoms. The van der Waals surface area contributed by atoms with Crippen molar-refractivity contribution in [2.24, 2.45) is 10.9 Å². The number of rotatable bonds is 3. The zero-order valence-electron chi connectivity index (χ0n) is 9.03. The zero-order valence-corrected chi connectivity index (χ0v) is 9.03. The number of hydrogen-bond acceptors (Lipinski definition) is 2. The predicted molar refractivity (Wildman–Crippen MR) is 60.0 cm³/mol. The minimum Gasteiger partial charge on any atom is -0.484 e. The Hall–Kier alpha value is -1.31. The third-order valence-corrected chi connectivity index (χ3v) is 1.83. The van der Waals surface area contributed by atoms with Crippen molar-refractivity contribution >= 4 is 11.6 Å². The Bertz CT molecular complexity index is 290. The van der Waals surface area contributed by atoms with Crippen molar-refractivity contribution in [1.29, 1.82) is 0 Å². The Morgan fingerprint density at radius 1 is 1.29 bits per heavy atom. The van der Waals surface area contributed by atoms with Crippen LogP contribution in [0.1, 0.15) is 20.3 Å². The van der Waals surface area contributed by atoms with Gasteiger partial charge in [-0.25, -0.2) is 4.99 Å². The smallest absolute Gasteiger partial charge is 0.188 e. The molecule has 0 fully saturated rings. The highest BCUT2D eigenvalue weighted by Crippen LogP contribution is 2.13. The van der Waals surface area contributed by atoms with E-state index in [1.54, 1.807) is 7.11 Å². The van der Waals surface area contributed by atoms with Gasteiger partial charge in [0.2, 0.25) is 0 Å². The number of benzene rings is 1. The van der Waals surface area contributed by atoms with E-state index < -0.39 is 0 Å². The van der Waals surface area contributed by atoms with Crippen LogP contribution >= 0.6 is 0 Å². The van der Waals surface area contributed by atoms with Gasteiger partial charge in [0, 0.05) is 6.42 Å². The average Bonchev–Trinajstić information content (AvgIpc) is 2.17. The molecule has 1 rings (SSSR count). The van der Waals surface area contributed by atoms with Gasteiger partial charge in [0.15, 0.2) is 5.90 Å². The molecular weight excluding hydrogens is 174 g/mol. The standard InChI is InChI=1S/C12H17NO/c1-10(2)9-12(14-3)13-11-7-5-4-6-8-11/h4-8,10H,9H2,1-3H3. The quantitative estimate of drug-likeness (QED) is 0.530. The second-order valence-electron chi connectivity index (χ2n) is 3.64. The highest BCUT2D eigenvalue weighted by molar-refractivity contribution is 5.79. The fourth-order valence-electron chi connectivity index (χ4n) is 1.17. The van der Waals surface area contributed by atoms with Crippen LogP contribution in [0.2, 0.25) is 0 Å². The van der Waals surface area contributed by atoms with Gasteiger partial charge in [-0.3, -0.25) is 0 Å². The Balaban J connectivity index is 2.73. The molecule has 0 radical (unpaired) electrons. The van der Waals surface area contributed by atoms with E-state index in [2.05, 4.69) is 18.8 Å². The number of hydrogen-bond donors (Lipinski definition) is 0. The number of ether oxygens (including phenoxy) is 1. The Kier molecular flexibility index (Phi) is 4.17. The van der Waals surface area contributed by atoms with Gasteiger partial charge in [-0.2, -0.15) is 0 Å². The summed E-state index contributed by atoms with van der Waals surface area (Å²) >= 11 is 0. The van der Waals surface area contributed by atoms with Gasteiger partial charge in [0.1, 0.15) is 0 Å². The van der Waals surface area contributed by atoms with Crippen molar-refractivity contribution in [1.82, 2.24) is 0 Å². The summed E-state index contributed by atoms with van der Waals surface area (Å²) in [6.45, 7) is 4.30. The maximum atomic E-state index is 5.22. The molecule has 0 bridgehead atoms. The van der Waals surface area contributed by atoms with Crippen molar-refractivity contribution in [2.75, 3.05) is 7.11 Å². The molecule has 76 valence electrons. The lowest BCUT2D eigenvalue weighted by molar-refractivity contribution is 0.380. The molecule has 0 aliphatic rings. The summed E-state index contributed by atoms with van der Waals surface area (Å²) < 4.78 is 5.22. The first kappa shape index (κ1) is 10.8. The number of aliphatic imine (C=N–C) groups is 1. The van der Waals surface area contributed by atoms with Gasteiger partial charge in [-0.05, 0) is 18.1 Å². The number of para-hydroxylation sites is 1. The summed E-state index contributed by atoms with van der Waals surface area (Å²) in [6.07, 6.45) is 0.880. The lowest BCUT2D eigenvalue weighted by atomic mass is 10.1. The van der Waals surface area contributed by atoms with Crippen LogP contribution in [0.5, 0.6) is 0 Å². The minimum atomic E-state index is 0.567. The molecule has 0 aliphatic heterocycles. The summed E-state index contributed by atoms with van der Waals surface area (Å²) in [6, 6.07) is 9.87. The van der Waals surface area contributed by atoms with Crippen LogP contribution < -0.4 is 0 Å². The molecule has 0 atom stereocenters. The van der Waals surface area contributed by atoms with Crippen molar-refractivity contribution in [3.8, 4) is 0 Å². The summed E-state index contributed by atoms with van der Waals surface area (Å²) in [5.74, 6) is 1.36. The van der Waals surface area contributed by atoms with E-state index in [1.165, 1.54) is 0 Å². The van der Waals surface area contributed by atoms with Crippen LogP contribution in [0.3, 0.4) is 0 Å². The lowest BCUT2D eigenvalue weighted by Crippen LogP contribution is -2.04. The van der Waals surface area contributed by atoms with E-state index in [0.717, 1.165) is 18.0 Å². The zero-order chi connectivity index (χ0) is 10.4. The Morgan fingerprint density at radius 2 is 1.93 bits per heavy atom. The molecular formula is C12H17NO. The topological polar surface area (TPSA) is 21.6 Å². The second-order valence-corrected chi connectivity index (χ2v) is 3.64. The highest BCUT2D eigenvalue weighted by atomic mass is 16.5. The fraction of sp³-hybridized carbons (Fsp3) is 0.417. The van der Waals surface area contributed by atoms with E-state index in [0.29, 0.717) is 5.92 Å². The third kappa shape index (κ3) is 3.60. The predicted octanol–water partition coefficient (Wildman–Crippen LogP) is 3.41. The summed E-state index contributed by atoms with van der Waals surface area (Å²) in [5, 5.41) is 0. The monoisotopic (exact) mass is 191 g/mol. The molecule has 0 N–H and O–H groups in total. The Labute approximate surface area is 85.6 Å². The molecule has 0 unspecified atom stereocenters. The molecule has 0 saturated heterocycles. The van der Waals surface area contributed by atoms with Crippen molar-refractivity contribution < 1.29 is 4.74 Å². The largest absolute Gasteiger partial charge is 0.484 e. The van der Waals surface area contributed by atoms with E-state index in [1.807, 2.05) is 30.3 Å². The lowest BCUT2D eigenvalue weighted by Gasteiger charge is -2.07. The van der Waals surface area contributed by atoms with Crippen LogP contribution in [0, 0.1) is 5.92 Å². The van der Waals surface area contributed by atoms with E-state index >= 15 is 0 Å². The van der Waals surface area contributed by atoms with Gasteiger partial charge in [0.05, 0.1) is 12.8 Å². The van der Waals surface area contributed by atoms with Crippen molar-refractivity contribution in [3.05, 3.63) is 30.3 Å². The van der Waals surface area contributed by atoms with Crippen LogP contribution in [0.15, 0.2) is 35.3 Å². The molecule has 1 aromatic rings. The van der Waals surface area contributed by atoms with Crippen LogP contribution in [-0.4, -0.2) is 13.0 Å². The van der Waals surface area contributed by atoms with Gasteiger partial charge >= 0.3 is 0 Å². The van der Waals surface area contributed by atoms with Crippen molar-refractivity contribution in [2.45, 2.75) is 20.3 Å². The molecule has 0 aliphatic carbocycles. The number of nitrogens with zero attached hydrogens (tertiary/aromatic N) is 1. The highest BCUT2D eigenvalue weighted by Gasteiger charge is 2.02. The molecule has 0 saturated carbocycles. The first-order chi connectivity index (χ1) is 6.72. The number of methoxy groups -OCH3 is 1.